The first-order chi connectivity index (χ1) is 13.5. The van der Waals surface area contributed by atoms with Crippen LogP contribution in [0.5, 0.6) is 0 Å². The molecule has 0 radical (unpaired) electrons. The van der Waals surface area contributed by atoms with E-state index in [1.165, 1.54) is 0 Å². The van der Waals surface area contributed by atoms with E-state index in [-0.39, 0.29) is 17.5 Å². The van der Waals surface area contributed by atoms with Crippen molar-refractivity contribution in [1.82, 2.24) is 20.2 Å². The van der Waals surface area contributed by atoms with Crippen LogP contribution in [0.2, 0.25) is 0 Å². The van der Waals surface area contributed by atoms with Crippen molar-refractivity contribution in [1.29, 1.82) is 0 Å². The largest absolute Gasteiger partial charge is 0.376 e. The minimum atomic E-state index is -0.165. The predicted octanol–water partition coefficient (Wildman–Crippen LogP) is 2.00. The lowest BCUT2D eigenvalue weighted by Crippen LogP contribution is -2.31. The van der Waals surface area contributed by atoms with Crippen molar-refractivity contribution in [2.75, 3.05) is 25.0 Å². The van der Waals surface area contributed by atoms with Gasteiger partial charge in [0.2, 0.25) is 5.91 Å². The van der Waals surface area contributed by atoms with Crippen LogP contribution in [0.4, 0.5) is 5.69 Å². The summed E-state index contributed by atoms with van der Waals surface area (Å²) >= 11 is 0. The van der Waals surface area contributed by atoms with Gasteiger partial charge in [0, 0.05) is 61.9 Å². The number of pyridine rings is 2. The molecule has 1 aliphatic heterocycles. The number of likely N-dealkylation sites (tertiary alicyclic amines) is 1. The third-order valence-corrected chi connectivity index (χ3v) is 4.68. The average Bonchev–Trinajstić information content (AvgIpc) is 3.16. The smallest absolute Gasteiger partial charge is 0.271 e. The van der Waals surface area contributed by atoms with Gasteiger partial charge in [-0.15, -0.1) is 0 Å². The first-order valence-corrected chi connectivity index (χ1v) is 9.61. The summed E-state index contributed by atoms with van der Waals surface area (Å²) in [4.78, 5) is 33.1. The summed E-state index contributed by atoms with van der Waals surface area (Å²) in [5.41, 5.74) is 2.25. The van der Waals surface area contributed by atoms with Crippen LogP contribution in [-0.2, 0) is 4.79 Å². The molecule has 1 fully saturated rings. The fourth-order valence-corrected chi connectivity index (χ4v) is 3.17. The molecular weight excluding hydrogens is 354 g/mol. The maximum absolute atomic E-state index is 12.3. The van der Waals surface area contributed by atoms with Crippen LogP contribution < -0.4 is 16.2 Å². The summed E-state index contributed by atoms with van der Waals surface area (Å²) < 4.78 is 0. The number of nitrogens with one attached hydrogen (secondary N) is 3. The van der Waals surface area contributed by atoms with E-state index in [9.17, 15) is 9.59 Å². The fraction of sp³-hybridized carbons (Fsp3) is 0.381. The van der Waals surface area contributed by atoms with E-state index < -0.39 is 0 Å². The number of anilines is 1. The van der Waals surface area contributed by atoms with Crippen LogP contribution in [0.3, 0.4) is 0 Å². The van der Waals surface area contributed by atoms with Gasteiger partial charge in [0.25, 0.3) is 5.56 Å². The van der Waals surface area contributed by atoms with Gasteiger partial charge in [-0.3, -0.25) is 14.6 Å². The summed E-state index contributed by atoms with van der Waals surface area (Å²) in [6.45, 7) is 6.08. The van der Waals surface area contributed by atoms with Gasteiger partial charge in [-0.25, -0.2) is 0 Å². The number of aromatic nitrogens is 2. The van der Waals surface area contributed by atoms with Crippen molar-refractivity contribution in [3.05, 3.63) is 59.3 Å². The van der Waals surface area contributed by atoms with E-state index in [1.807, 2.05) is 29.2 Å². The first kappa shape index (κ1) is 19.8. The van der Waals surface area contributed by atoms with Crippen molar-refractivity contribution in [3.8, 4) is 11.1 Å². The SMILES string of the molecule is CC(C)NC/C=C/C(=O)N1CCC(Nc2cc(-c3ccncc3)c[nH]c2=O)C1. The number of H-pyrrole nitrogens is 1. The molecule has 1 atom stereocenters. The van der Waals surface area contributed by atoms with Crippen LogP contribution >= 0.6 is 0 Å². The van der Waals surface area contributed by atoms with Crippen molar-refractivity contribution in [3.63, 3.8) is 0 Å². The molecule has 3 rings (SSSR count). The second-order valence-electron chi connectivity index (χ2n) is 7.25. The van der Waals surface area contributed by atoms with Crippen LogP contribution in [0.15, 0.2) is 53.7 Å². The zero-order valence-corrected chi connectivity index (χ0v) is 16.3. The highest BCUT2D eigenvalue weighted by Gasteiger charge is 2.25. The molecule has 3 heterocycles. The van der Waals surface area contributed by atoms with Crippen molar-refractivity contribution in [2.24, 2.45) is 0 Å². The molecular formula is C21H27N5O2. The molecule has 1 saturated heterocycles. The Hall–Kier alpha value is -2.93. The van der Waals surface area contributed by atoms with Gasteiger partial charge in [-0.05, 0) is 30.2 Å². The van der Waals surface area contributed by atoms with E-state index in [0.717, 1.165) is 17.5 Å². The Balaban J connectivity index is 1.59. The van der Waals surface area contributed by atoms with E-state index >= 15 is 0 Å². The van der Waals surface area contributed by atoms with Crippen LogP contribution in [0.25, 0.3) is 11.1 Å². The molecule has 148 valence electrons. The van der Waals surface area contributed by atoms with E-state index in [4.69, 9.17) is 0 Å². The normalized spacial score (nSPS) is 16.8. The van der Waals surface area contributed by atoms with Gasteiger partial charge in [0.05, 0.1) is 0 Å². The monoisotopic (exact) mass is 381 g/mol. The van der Waals surface area contributed by atoms with Crippen LogP contribution in [0, 0.1) is 0 Å². The highest BCUT2D eigenvalue weighted by molar-refractivity contribution is 5.87. The van der Waals surface area contributed by atoms with E-state index in [1.54, 1.807) is 24.7 Å². The van der Waals surface area contributed by atoms with Crippen molar-refractivity contribution in [2.45, 2.75) is 32.4 Å². The Morgan fingerprint density at radius 3 is 2.89 bits per heavy atom. The quantitative estimate of drug-likeness (QED) is 0.639. The molecule has 28 heavy (non-hydrogen) atoms. The molecule has 0 spiro atoms. The molecule has 1 unspecified atom stereocenters. The zero-order valence-electron chi connectivity index (χ0n) is 16.3. The number of amides is 1. The van der Waals surface area contributed by atoms with E-state index in [0.29, 0.717) is 31.4 Å². The number of hydrogen-bond acceptors (Lipinski definition) is 5. The average molecular weight is 381 g/mol. The highest BCUT2D eigenvalue weighted by Crippen LogP contribution is 2.20. The lowest BCUT2D eigenvalue weighted by atomic mass is 10.1. The number of hydrogen-bond donors (Lipinski definition) is 3. The summed E-state index contributed by atoms with van der Waals surface area (Å²) in [6, 6.07) is 6.08. The molecule has 0 aliphatic carbocycles. The number of carbonyl (C=O) groups is 1. The maximum atomic E-state index is 12.3. The van der Waals surface area contributed by atoms with Gasteiger partial charge in [0.1, 0.15) is 5.69 Å². The molecule has 0 aromatic carbocycles. The summed E-state index contributed by atoms with van der Waals surface area (Å²) in [6.07, 6.45) is 9.42. The van der Waals surface area contributed by atoms with Gasteiger partial charge in [0.15, 0.2) is 0 Å². The number of nitrogens with zero attached hydrogens (tertiary/aromatic N) is 2. The Morgan fingerprint density at radius 1 is 1.36 bits per heavy atom. The molecule has 3 N–H and O–H groups in total. The molecule has 2 aromatic heterocycles. The first-order valence-electron chi connectivity index (χ1n) is 9.61. The van der Waals surface area contributed by atoms with Crippen molar-refractivity contribution >= 4 is 11.6 Å². The Kier molecular flexibility index (Phi) is 6.60. The Labute approximate surface area is 164 Å². The minimum Gasteiger partial charge on any atom is -0.376 e. The van der Waals surface area contributed by atoms with E-state index in [2.05, 4.69) is 34.4 Å². The van der Waals surface area contributed by atoms with Crippen LogP contribution in [0.1, 0.15) is 20.3 Å². The summed E-state index contributed by atoms with van der Waals surface area (Å²) in [7, 11) is 0. The Morgan fingerprint density at radius 2 is 2.14 bits per heavy atom. The molecule has 1 aliphatic rings. The molecule has 1 amide bonds. The molecule has 7 nitrogen and oxygen atoms in total. The van der Waals surface area contributed by atoms with Gasteiger partial charge in [-0.1, -0.05) is 19.9 Å². The van der Waals surface area contributed by atoms with Crippen molar-refractivity contribution < 1.29 is 4.79 Å². The minimum absolute atomic E-state index is 0.00861. The molecule has 0 saturated carbocycles. The van der Waals surface area contributed by atoms with Gasteiger partial charge in [-0.2, -0.15) is 0 Å². The Bertz CT molecular complexity index is 876. The number of carbonyl (C=O) groups excluding carboxylic acids is 1. The number of aromatic amines is 1. The van der Waals surface area contributed by atoms with Crippen LogP contribution in [-0.4, -0.2) is 52.5 Å². The topological polar surface area (TPSA) is 90.1 Å². The standard InChI is InChI=1S/C21H27N5O2/c1-15(2)23-8-3-4-20(27)26-11-7-18(14-26)25-19-12-17(13-24-21(19)28)16-5-9-22-10-6-16/h3-6,9-10,12-13,15,18,23,25H,7-8,11,14H2,1-2H3,(H,24,28)/b4-3+. The highest BCUT2D eigenvalue weighted by atomic mass is 16.2. The lowest BCUT2D eigenvalue weighted by Gasteiger charge is -2.16. The van der Waals surface area contributed by atoms with Gasteiger partial charge < -0.3 is 20.5 Å². The fourth-order valence-electron chi connectivity index (χ4n) is 3.17. The van der Waals surface area contributed by atoms with Gasteiger partial charge >= 0.3 is 0 Å². The maximum Gasteiger partial charge on any atom is 0.271 e. The summed E-state index contributed by atoms with van der Waals surface area (Å²) in [5, 5.41) is 6.54. The third kappa shape index (κ3) is 5.29. The number of rotatable bonds is 7. The lowest BCUT2D eigenvalue weighted by molar-refractivity contribution is -0.125. The second kappa shape index (κ2) is 9.32. The zero-order chi connectivity index (χ0) is 19.9. The second-order valence-corrected chi connectivity index (χ2v) is 7.25. The summed E-state index contributed by atoms with van der Waals surface area (Å²) in [5.74, 6) is 0.00861. The molecule has 7 heteroatoms. The predicted molar refractivity (Wildman–Crippen MR) is 111 cm³/mol. The third-order valence-electron chi connectivity index (χ3n) is 4.68. The molecule has 0 bridgehead atoms. The molecule has 2 aromatic rings.